The minimum absolute atomic E-state index is 0.125. The van der Waals surface area contributed by atoms with Crippen LogP contribution >= 0.6 is 0 Å². The Morgan fingerprint density at radius 1 is 0.923 bits per heavy atom. The molecule has 1 saturated heterocycles. The lowest BCUT2D eigenvalue weighted by Gasteiger charge is -2.38. The molecule has 5 heteroatoms. The van der Waals surface area contributed by atoms with Crippen LogP contribution in [0, 0.1) is 6.92 Å². The van der Waals surface area contributed by atoms with E-state index in [1.807, 2.05) is 30.3 Å². The van der Waals surface area contributed by atoms with E-state index in [9.17, 15) is 0 Å². The summed E-state index contributed by atoms with van der Waals surface area (Å²) in [7, 11) is 0. The van der Waals surface area contributed by atoms with Gasteiger partial charge in [0.15, 0.2) is 0 Å². The van der Waals surface area contributed by atoms with Crippen molar-refractivity contribution >= 4 is 5.69 Å². The summed E-state index contributed by atoms with van der Waals surface area (Å²) in [6.45, 7) is 8.27. The minimum Gasteiger partial charge on any atom is -0.419 e. The zero-order valence-corrected chi connectivity index (χ0v) is 15.3. The molecule has 1 fully saturated rings. The third-order valence-corrected chi connectivity index (χ3v) is 5.05. The maximum atomic E-state index is 5.93. The van der Waals surface area contributed by atoms with Gasteiger partial charge in [-0.3, -0.25) is 4.90 Å². The van der Waals surface area contributed by atoms with Crippen LogP contribution in [0.1, 0.15) is 24.4 Å². The Kier molecular flexibility index (Phi) is 4.71. The number of benzene rings is 2. The molecule has 0 spiro atoms. The monoisotopic (exact) mass is 348 g/mol. The van der Waals surface area contributed by atoms with E-state index >= 15 is 0 Å². The fraction of sp³-hybridized carbons (Fsp3) is 0.333. The molecule has 0 saturated carbocycles. The first-order valence-electron chi connectivity index (χ1n) is 9.15. The first-order chi connectivity index (χ1) is 12.7. The highest BCUT2D eigenvalue weighted by molar-refractivity contribution is 5.52. The highest BCUT2D eigenvalue weighted by Crippen LogP contribution is 2.26. The maximum absolute atomic E-state index is 5.93. The van der Waals surface area contributed by atoms with Gasteiger partial charge in [0.25, 0.3) is 0 Å². The molecule has 0 N–H and O–H groups in total. The second kappa shape index (κ2) is 7.30. The van der Waals surface area contributed by atoms with Gasteiger partial charge < -0.3 is 9.32 Å². The fourth-order valence-corrected chi connectivity index (χ4v) is 3.45. The van der Waals surface area contributed by atoms with Crippen LogP contribution in [0.15, 0.2) is 59.0 Å². The molecule has 2 heterocycles. The van der Waals surface area contributed by atoms with Crippen LogP contribution in [-0.2, 0) is 0 Å². The molecule has 0 amide bonds. The number of piperazine rings is 1. The Hall–Kier alpha value is -2.66. The summed E-state index contributed by atoms with van der Waals surface area (Å²) in [5, 5.41) is 8.51. The molecule has 4 rings (SSSR count). The summed E-state index contributed by atoms with van der Waals surface area (Å²) in [6.07, 6.45) is 0. The van der Waals surface area contributed by atoms with Crippen LogP contribution in [0.3, 0.4) is 0 Å². The number of aromatic nitrogens is 2. The average Bonchev–Trinajstić information content (AvgIpc) is 3.18. The lowest BCUT2D eigenvalue weighted by molar-refractivity contribution is 0.174. The first kappa shape index (κ1) is 16.8. The number of nitrogens with zero attached hydrogens (tertiary/aromatic N) is 4. The fourth-order valence-electron chi connectivity index (χ4n) is 3.45. The summed E-state index contributed by atoms with van der Waals surface area (Å²) in [5.74, 6) is 1.28. The van der Waals surface area contributed by atoms with Crippen LogP contribution in [0.25, 0.3) is 11.5 Å². The largest absolute Gasteiger partial charge is 0.419 e. The highest BCUT2D eigenvalue weighted by atomic mass is 16.4. The van der Waals surface area contributed by atoms with Gasteiger partial charge in [-0.15, -0.1) is 10.2 Å². The molecule has 2 aromatic carbocycles. The number of hydrogen-bond donors (Lipinski definition) is 0. The Morgan fingerprint density at radius 2 is 1.69 bits per heavy atom. The van der Waals surface area contributed by atoms with E-state index < -0.39 is 0 Å². The molecule has 26 heavy (non-hydrogen) atoms. The molecule has 1 atom stereocenters. The van der Waals surface area contributed by atoms with Gasteiger partial charge in [0.2, 0.25) is 11.8 Å². The Morgan fingerprint density at radius 3 is 2.42 bits per heavy atom. The van der Waals surface area contributed by atoms with Crippen molar-refractivity contribution in [3.05, 3.63) is 66.1 Å². The molecule has 1 unspecified atom stereocenters. The van der Waals surface area contributed by atoms with E-state index in [0.717, 1.165) is 31.7 Å². The minimum atomic E-state index is 0.125. The van der Waals surface area contributed by atoms with Gasteiger partial charge in [-0.05, 0) is 43.7 Å². The van der Waals surface area contributed by atoms with Crippen molar-refractivity contribution in [1.82, 2.24) is 15.1 Å². The summed E-state index contributed by atoms with van der Waals surface area (Å²) in [4.78, 5) is 4.86. The first-order valence-corrected chi connectivity index (χ1v) is 9.15. The number of anilines is 1. The van der Waals surface area contributed by atoms with Crippen molar-refractivity contribution < 1.29 is 4.42 Å². The van der Waals surface area contributed by atoms with Gasteiger partial charge in [0.05, 0.1) is 6.04 Å². The zero-order chi connectivity index (χ0) is 17.9. The van der Waals surface area contributed by atoms with Crippen LogP contribution in [0.2, 0.25) is 0 Å². The molecule has 3 aromatic rings. The molecule has 0 aliphatic carbocycles. The third kappa shape index (κ3) is 3.48. The van der Waals surface area contributed by atoms with E-state index in [4.69, 9.17) is 4.42 Å². The predicted molar refractivity (Wildman–Crippen MR) is 103 cm³/mol. The smallest absolute Gasteiger partial charge is 0.247 e. The van der Waals surface area contributed by atoms with Crippen molar-refractivity contribution in [2.45, 2.75) is 19.9 Å². The normalized spacial score (nSPS) is 16.6. The van der Waals surface area contributed by atoms with Gasteiger partial charge in [0, 0.05) is 37.4 Å². The van der Waals surface area contributed by atoms with Gasteiger partial charge in [-0.2, -0.15) is 0 Å². The molecule has 1 aliphatic heterocycles. The summed E-state index contributed by atoms with van der Waals surface area (Å²) >= 11 is 0. The second-order valence-corrected chi connectivity index (χ2v) is 6.85. The Bertz CT molecular complexity index is 853. The zero-order valence-electron chi connectivity index (χ0n) is 15.3. The van der Waals surface area contributed by atoms with E-state index in [2.05, 4.69) is 58.1 Å². The van der Waals surface area contributed by atoms with Crippen LogP contribution in [0.5, 0.6) is 0 Å². The quantitative estimate of drug-likeness (QED) is 0.715. The van der Waals surface area contributed by atoms with Gasteiger partial charge in [-0.25, -0.2) is 0 Å². The van der Waals surface area contributed by atoms with Crippen molar-refractivity contribution in [2.24, 2.45) is 0 Å². The Labute approximate surface area is 154 Å². The predicted octanol–water partition coefficient (Wildman–Crippen LogP) is 3.93. The summed E-state index contributed by atoms with van der Waals surface area (Å²) < 4.78 is 5.93. The number of rotatable bonds is 4. The standard InChI is InChI=1S/C21H24N4O/c1-16-7-6-10-19(15-16)25-13-11-24(12-14-25)17(2)20-22-23-21(26-20)18-8-4-3-5-9-18/h3-10,15,17H,11-14H2,1-2H3. The SMILES string of the molecule is Cc1cccc(N2CCN(C(C)c3nnc(-c4ccccc4)o3)CC2)c1. The number of aryl methyl sites for hydroxylation is 1. The van der Waals surface area contributed by atoms with E-state index in [1.165, 1.54) is 11.3 Å². The topological polar surface area (TPSA) is 45.4 Å². The molecular weight excluding hydrogens is 324 g/mol. The molecule has 0 radical (unpaired) electrons. The molecular formula is C21H24N4O. The molecule has 1 aliphatic rings. The van der Waals surface area contributed by atoms with Crippen molar-refractivity contribution in [3.8, 4) is 11.5 Å². The van der Waals surface area contributed by atoms with Crippen molar-refractivity contribution in [1.29, 1.82) is 0 Å². The van der Waals surface area contributed by atoms with Crippen LogP contribution in [-0.4, -0.2) is 41.3 Å². The van der Waals surface area contributed by atoms with E-state index in [-0.39, 0.29) is 6.04 Å². The van der Waals surface area contributed by atoms with E-state index in [0.29, 0.717) is 11.8 Å². The third-order valence-electron chi connectivity index (χ3n) is 5.05. The Balaban J connectivity index is 1.41. The van der Waals surface area contributed by atoms with Crippen molar-refractivity contribution in [2.75, 3.05) is 31.1 Å². The molecule has 134 valence electrons. The van der Waals surface area contributed by atoms with Crippen LogP contribution in [0.4, 0.5) is 5.69 Å². The number of hydrogen-bond acceptors (Lipinski definition) is 5. The van der Waals surface area contributed by atoms with Crippen molar-refractivity contribution in [3.63, 3.8) is 0 Å². The lowest BCUT2D eigenvalue weighted by atomic mass is 10.1. The molecule has 5 nitrogen and oxygen atoms in total. The van der Waals surface area contributed by atoms with Gasteiger partial charge in [-0.1, -0.05) is 30.3 Å². The van der Waals surface area contributed by atoms with E-state index in [1.54, 1.807) is 0 Å². The summed E-state index contributed by atoms with van der Waals surface area (Å²) in [5.41, 5.74) is 3.57. The van der Waals surface area contributed by atoms with Crippen LogP contribution < -0.4 is 4.90 Å². The molecule has 1 aromatic heterocycles. The summed E-state index contributed by atoms with van der Waals surface area (Å²) in [6, 6.07) is 18.8. The average molecular weight is 348 g/mol. The lowest BCUT2D eigenvalue weighted by Crippen LogP contribution is -2.47. The van der Waals surface area contributed by atoms with Gasteiger partial charge >= 0.3 is 0 Å². The van der Waals surface area contributed by atoms with Gasteiger partial charge in [0.1, 0.15) is 0 Å². The highest BCUT2D eigenvalue weighted by Gasteiger charge is 2.26. The molecule has 0 bridgehead atoms. The second-order valence-electron chi connectivity index (χ2n) is 6.85. The maximum Gasteiger partial charge on any atom is 0.247 e.